The number of ether oxygens (including phenoxy) is 1. The number of piperazine rings is 1. The summed E-state index contributed by atoms with van der Waals surface area (Å²) in [5, 5.41) is 2.77. The van der Waals surface area contributed by atoms with Crippen LogP contribution >= 0.6 is 11.8 Å². The standard InChI is InChI=1S/C23H23N3O5S/c1-2-31-23(30)17-4-3-5-18(10-17)24-21(28)16-8-6-15(7-9-16)11-25-12-20(27)26-14-32-13-19(26)22(25)29/h3-10,19H,2,11-14H2,1H3,(H,24,28)/t19-/m1/s1. The number of hydrogen-bond donors (Lipinski definition) is 1. The number of benzene rings is 2. The van der Waals surface area contributed by atoms with Gasteiger partial charge in [0.1, 0.15) is 12.6 Å². The van der Waals surface area contributed by atoms with Gasteiger partial charge in [-0.25, -0.2) is 4.79 Å². The van der Waals surface area contributed by atoms with E-state index in [4.69, 9.17) is 4.74 Å². The first-order valence-corrected chi connectivity index (χ1v) is 11.4. The Hall–Kier alpha value is -3.33. The van der Waals surface area contributed by atoms with Crippen molar-refractivity contribution in [3.63, 3.8) is 0 Å². The van der Waals surface area contributed by atoms with Crippen molar-refractivity contribution in [1.29, 1.82) is 0 Å². The summed E-state index contributed by atoms with van der Waals surface area (Å²) < 4.78 is 4.98. The number of rotatable bonds is 6. The smallest absolute Gasteiger partial charge is 0.338 e. The molecule has 2 heterocycles. The number of nitrogens with one attached hydrogen (secondary N) is 1. The monoisotopic (exact) mass is 453 g/mol. The van der Waals surface area contributed by atoms with Gasteiger partial charge in [0, 0.05) is 23.5 Å². The van der Waals surface area contributed by atoms with Crippen LogP contribution in [-0.2, 0) is 20.9 Å². The van der Waals surface area contributed by atoms with Gasteiger partial charge < -0.3 is 19.9 Å². The van der Waals surface area contributed by atoms with E-state index in [2.05, 4.69) is 5.32 Å². The number of hydrogen-bond acceptors (Lipinski definition) is 6. The quantitative estimate of drug-likeness (QED) is 0.675. The van der Waals surface area contributed by atoms with E-state index in [9.17, 15) is 19.2 Å². The van der Waals surface area contributed by atoms with Gasteiger partial charge in [0.05, 0.1) is 18.0 Å². The Bertz CT molecular complexity index is 1060. The molecule has 2 aliphatic heterocycles. The zero-order valence-electron chi connectivity index (χ0n) is 17.6. The Labute approximate surface area is 189 Å². The average molecular weight is 454 g/mol. The number of carbonyl (C=O) groups excluding carboxylic acids is 4. The Morgan fingerprint density at radius 1 is 1.12 bits per heavy atom. The molecule has 0 spiro atoms. The second-order valence-corrected chi connectivity index (χ2v) is 8.53. The van der Waals surface area contributed by atoms with Crippen LogP contribution in [0, 0.1) is 0 Å². The lowest BCUT2D eigenvalue weighted by Crippen LogP contribution is -2.57. The SMILES string of the molecule is CCOC(=O)c1cccc(NC(=O)c2ccc(CN3CC(=O)N4CSC[C@@H]4C3=O)cc2)c1. The molecule has 9 heteroatoms. The summed E-state index contributed by atoms with van der Waals surface area (Å²) in [5.41, 5.74) is 2.13. The van der Waals surface area contributed by atoms with Crippen molar-refractivity contribution in [2.45, 2.75) is 19.5 Å². The third-order valence-corrected chi connectivity index (χ3v) is 6.36. The molecule has 2 aromatic rings. The van der Waals surface area contributed by atoms with Gasteiger partial charge in [0.15, 0.2) is 0 Å². The van der Waals surface area contributed by atoms with E-state index in [-0.39, 0.29) is 36.9 Å². The third-order valence-electron chi connectivity index (χ3n) is 5.35. The van der Waals surface area contributed by atoms with E-state index in [1.807, 2.05) is 0 Å². The van der Waals surface area contributed by atoms with Crippen LogP contribution in [0.3, 0.4) is 0 Å². The molecular formula is C23H23N3O5S. The van der Waals surface area contributed by atoms with Crippen molar-refractivity contribution in [2.24, 2.45) is 0 Å². The minimum absolute atomic E-state index is 0.0272. The molecule has 32 heavy (non-hydrogen) atoms. The minimum atomic E-state index is -0.446. The minimum Gasteiger partial charge on any atom is -0.462 e. The summed E-state index contributed by atoms with van der Waals surface area (Å²) in [5.74, 6) is 0.393. The Morgan fingerprint density at radius 2 is 1.91 bits per heavy atom. The van der Waals surface area contributed by atoms with Crippen LogP contribution in [0.2, 0.25) is 0 Å². The van der Waals surface area contributed by atoms with Gasteiger partial charge in [-0.15, -0.1) is 11.8 Å². The molecule has 0 unspecified atom stereocenters. The fourth-order valence-electron chi connectivity index (χ4n) is 3.69. The first-order chi connectivity index (χ1) is 15.5. The van der Waals surface area contributed by atoms with Crippen molar-refractivity contribution in [2.75, 3.05) is 30.1 Å². The van der Waals surface area contributed by atoms with Crippen LogP contribution in [0.25, 0.3) is 0 Å². The first-order valence-electron chi connectivity index (χ1n) is 10.3. The zero-order valence-corrected chi connectivity index (χ0v) is 18.4. The number of thioether (sulfide) groups is 1. The molecule has 2 aliphatic rings. The van der Waals surface area contributed by atoms with Gasteiger partial charge in [-0.1, -0.05) is 18.2 Å². The Morgan fingerprint density at radius 3 is 2.66 bits per heavy atom. The molecule has 1 N–H and O–H groups in total. The summed E-state index contributed by atoms with van der Waals surface area (Å²) in [6, 6.07) is 13.1. The van der Waals surface area contributed by atoms with Crippen molar-refractivity contribution >= 4 is 41.1 Å². The highest BCUT2D eigenvalue weighted by molar-refractivity contribution is 7.99. The summed E-state index contributed by atoms with van der Waals surface area (Å²) in [4.78, 5) is 52.6. The zero-order chi connectivity index (χ0) is 22.7. The topological polar surface area (TPSA) is 96.0 Å². The molecule has 0 aliphatic carbocycles. The lowest BCUT2D eigenvalue weighted by atomic mass is 10.1. The molecule has 3 amide bonds. The number of anilines is 1. The summed E-state index contributed by atoms with van der Waals surface area (Å²) in [6.07, 6.45) is 0. The van der Waals surface area contributed by atoms with Crippen LogP contribution in [0.15, 0.2) is 48.5 Å². The predicted octanol–water partition coefficient (Wildman–Crippen LogP) is 2.36. The number of amides is 3. The molecule has 8 nitrogen and oxygen atoms in total. The average Bonchev–Trinajstić information content (AvgIpc) is 3.29. The van der Waals surface area contributed by atoms with E-state index in [0.29, 0.717) is 35.0 Å². The molecule has 0 radical (unpaired) electrons. The van der Waals surface area contributed by atoms with Crippen molar-refractivity contribution < 1.29 is 23.9 Å². The Kier molecular flexibility index (Phi) is 6.45. The lowest BCUT2D eigenvalue weighted by molar-refractivity contribution is -0.153. The van der Waals surface area contributed by atoms with Crippen LogP contribution in [0.5, 0.6) is 0 Å². The summed E-state index contributed by atoms with van der Waals surface area (Å²) >= 11 is 1.59. The highest BCUT2D eigenvalue weighted by Crippen LogP contribution is 2.26. The van der Waals surface area contributed by atoms with Gasteiger partial charge >= 0.3 is 5.97 Å². The third kappa shape index (κ3) is 4.62. The second-order valence-electron chi connectivity index (χ2n) is 7.53. The van der Waals surface area contributed by atoms with Crippen LogP contribution in [-0.4, -0.2) is 64.3 Å². The van der Waals surface area contributed by atoms with E-state index >= 15 is 0 Å². The van der Waals surface area contributed by atoms with E-state index in [0.717, 1.165) is 5.56 Å². The molecule has 2 fully saturated rings. The first kappa shape index (κ1) is 21.9. The van der Waals surface area contributed by atoms with Crippen molar-refractivity contribution in [3.05, 3.63) is 65.2 Å². The van der Waals surface area contributed by atoms with Crippen LogP contribution in [0.1, 0.15) is 33.2 Å². The number of nitrogens with zero attached hydrogens (tertiary/aromatic N) is 2. The van der Waals surface area contributed by atoms with Gasteiger partial charge in [-0.3, -0.25) is 14.4 Å². The molecule has 1 atom stereocenters. The lowest BCUT2D eigenvalue weighted by Gasteiger charge is -2.35. The highest BCUT2D eigenvalue weighted by atomic mass is 32.2. The van der Waals surface area contributed by atoms with Crippen molar-refractivity contribution in [1.82, 2.24) is 9.80 Å². The van der Waals surface area contributed by atoms with Gasteiger partial charge in [-0.05, 0) is 42.8 Å². The maximum atomic E-state index is 12.7. The largest absolute Gasteiger partial charge is 0.462 e. The van der Waals surface area contributed by atoms with E-state index in [1.165, 1.54) is 0 Å². The molecule has 4 rings (SSSR count). The highest BCUT2D eigenvalue weighted by Gasteiger charge is 2.42. The fraction of sp³-hybridized carbons (Fsp3) is 0.304. The Balaban J connectivity index is 1.39. The second kappa shape index (κ2) is 9.44. The molecule has 166 valence electrons. The van der Waals surface area contributed by atoms with Gasteiger partial charge in [0.2, 0.25) is 11.8 Å². The summed E-state index contributed by atoms with van der Waals surface area (Å²) in [7, 11) is 0. The van der Waals surface area contributed by atoms with E-state index < -0.39 is 5.97 Å². The maximum absolute atomic E-state index is 12.7. The molecule has 0 bridgehead atoms. The molecule has 2 saturated heterocycles. The predicted molar refractivity (Wildman–Crippen MR) is 120 cm³/mol. The van der Waals surface area contributed by atoms with Gasteiger partial charge in [0.25, 0.3) is 5.91 Å². The number of fused-ring (bicyclic) bond motifs is 1. The number of carbonyl (C=O) groups is 4. The van der Waals surface area contributed by atoms with E-state index in [1.54, 1.807) is 77.0 Å². The molecule has 0 saturated carbocycles. The van der Waals surface area contributed by atoms with Gasteiger partial charge in [-0.2, -0.15) is 0 Å². The number of esters is 1. The fourth-order valence-corrected chi connectivity index (χ4v) is 4.86. The van der Waals surface area contributed by atoms with Crippen LogP contribution in [0.4, 0.5) is 5.69 Å². The van der Waals surface area contributed by atoms with Crippen molar-refractivity contribution in [3.8, 4) is 0 Å². The van der Waals surface area contributed by atoms with Crippen LogP contribution < -0.4 is 5.32 Å². The maximum Gasteiger partial charge on any atom is 0.338 e. The molecule has 2 aromatic carbocycles. The molecule has 0 aromatic heterocycles. The molecular weight excluding hydrogens is 430 g/mol. The normalized spacial score (nSPS) is 17.8. The summed E-state index contributed by atoms with van der Waals surface area (Å²) in [6.45, 7) is 2.41.